The smallest absolute Gasteiger partial charge is 0.119 e. The summed E-state index contributed by atoms with van der Waals surface area (Å²) in [5.41, 5.74) is 0.650. The van der Waals surface area contributed by atoms with Crippen molar-refractivity contribution < 1.29 is 14.0 Å². The fourth-order valence-corrected chi connectivity index (χ4v) is 4.56. The van der Waals surface area contributed by atoms with Gasteiger partial charge in [-0.1, -0.05) is 23.3 Å². The van der Waals surface area contributed by atoms with Crippen LogP contribution in [-0.4, -0.2) is 60.4 Å². The molecule has 2 saturated heterocycles. The number of hydrogen-bond donors (Lipinski definition) is 0. The summed E-state index contributed by atoms with van der Waals surface area (Å²) in [6.45, 7) is 4.83. The molecule has 0 unspecified atom stereocenters. The third-order valence-corrected chi connectivity index (χ3v) is 6.40. The molecule has 136 valence electrons. The van der Waals surface area contributed by atoms with Gasteiger partial charge >= 0.3 is 0 Å². The molecule has 5 nitrogen and oxygen atoms in total. The lowest BCUT2D eigenvalue weighted by molar-refractivity contribution is 0.0675. The summed E-state index contributed by atoms with van der Waals surface area (Å²) in [5, 5.41) is 9.62. The summed E-state index contributed by atoms with van der Waals surface area (Å²) in [6.07, 6.45) is 2.47. The van der Waals surface area contributed by atoms with Crippen LogP contribution in [0.4, 0.5) is 0 Å². The monoisotopic (exact) mass is 362 g/mol. The van der Waals surface area contributed by atoms with E-state index in [1.54, 1.807) is 0 Å². The highest BCUT2D eigenvalue weighted by atomic mass is 32.2. The molecule has 2 aliphatic rings. The van der Waals surface area contributed by atoms with Crippen LogP contribution in [0.5, 0.6) is 5.75 Å². The third kappa shape index (κ3) is 4.89. The highest BCUT2D eigenvalue weighted by Crippen LogP contribution is 2.34. The molecular weight excluding hydrogens is 336 g/mol. The predicted molar refractivity (Wildman–Crippen MR) is 98.2 cm³/mol. The maximum Gasteiger partial charge on any atom is 0.119 e. The molecule has 2 aliphatic heterocycles. The summed E-state index contributed by atoms with van der Waals surface area (Å²) >= 11 is -0.611. The van der Waals surface area contributed by atoms with E-state index in [-0.39, 0.29) is 0 Å². The fourth-order valence-electron chi connectivity index (χ4n) is 3.43. The standard InChI is InChI=1S/C19H26N2O3S/c20-16-19(6-12-23-13-7-19)17-2-4-18(5-3-17)24-11-1-8-21-9-14-25(22)15-10-21/h2-5H,1,6-15H2. The molecule has 0 N–H and O–H groups in total. The molecule has 0 saturated carbocycles. The van der Waals surface area contributed by atoms with E-state index in [1.165, 1.54) is 0 Å². The topological polar surface area (TPSA) is 68.5 Å². The van der Waals surface area contributed by atoms with Crippen molar-refractivity contribution in [3.63, 3.8) is 0 Å². The van der Waals surface area contributed by atoms with Crippen LogP contribution in [-0.2, 0) is 21.3 Å². The van der Waals surface area contributed by atoms with E-state index in [2.05, 4.69) is 11.0 Å². The summed E-state index contributed by atoms with van der Waals surface area (Å²) in [4.78, 5) is 2.36. The molecule has 25 heavy (non-hydrogen) atoms. The highest BCUT2D eigenvalue weighted by Gasteiger charge is 2.34. The zero-order chi connectivity index (χ0) is 17.5. The molecule has 2 heterocycles. The first-order chi connectivity index (χ1) is 12.2. The first kappa shape index (κ1) is 18.5. The number of nitriles is 1. The van der Waals surface area contributed by atoms with Gasteiger partial charge in [0.15, 0.2) is 0 Å². The van der Waals surface area contributed by atoms with Crippen LogP contribution in [0.15, 0.2) is 24.3 Å². The van der Waals surface area contributed by atoms with Crippen LogP contribution in [0, 0.1) is 11.3 Å². The first-order valence-electron chi connectivity index (χ1n) is 9.01. The van der Waals surface area contributed by atoms with Crippen LogP contribution in [0.3, 0.4) is 0 Å². The van der Waals surface area contributed by atoms with Crippen LogP contribution < -0.4 is 4.74 Å². The molecule has 0 atom stereocenters. The van der Waals surface area contributed by atoms with E-state index in [4.69, 9.17) is 9.47 Å². The Morgan fingerprint density at radius 2 is 1.88 bits per heavy atom. The minimum atomic E-state index is -0.611. The van der Waals surface area contributed by atoms with E-state index in [9.17, 15) is 9.81 Å². The van der Waals surface area contributed by atoms with E-state index < -0.39 is 16.6 Å². The predicted octanol–water partition coefficient (Wildman–Crippen LogP) is 2.09. The molecule has 0 bridgehead atoms. The van der Waals surface area contributed by atoms with Crippen LogP contribution in [0.2, 0.25) is 0 Å². The quantitative estimate of drug-likeness (QED) is 0.572. The van der Waals surface area contributed by atoms with Gasteiger partial charge in [0.1, 0.15) is 17.3 Å². The Hall–Kier alpha value is -1.26. The van der Waals surface area contributed by atoms with Gasteiger partial charge in [0.05, 0.1) is 18.1 Å². The summed E-state index contributed by atoms with van der Waals surface area (Å²) < 4.78 is 22.6. The fraction of sp³-hybridized carbons (Fsp3) is 0.632. The molecule has 3 rings (SSSR count). The number of ether oxygens (including phenoxy) is 2. The summed E-state index contributed by atoms with van der Waals surface area (Å²) in [6, 6.07) is 10.5. The molecule has 6 heteroatoms. The second-order valence-electron chi connectivity index (χ2n) is 6.72. The maximum absolute atomic E-state index is 11.3. The van der Waals surface area contributed by atoms with E-state index in [0.717, 1.165) is 61.7 Å². The largest absolute Gasteiger partial charge is 0.616 e. The zero-order valence-electron chi connectivity index (χ0n) is 14.6. The van der Waals surface area contributed by atoms with Crippen molar-refractivity contribution in [2.75, 3.05) is 51.0 Å². The second kappa shape index (κ2) is 8.91. The van der Waals surface area contributed by atoms with Crippen molar-refractivity contribution in [3.05, 3.63) is 29.8 Å². The molecule has 0 aromatic heterocycles. The zero-order valence-corrected chi connectivity index (χ0v) is 15.4. The Labute approximate surface area is 153 Å². The van der Waals surface area contributed by atoms with Gasteiger partial charge in [0, 0.05) is 32.8 Å². The van der Waals surface area contributed by atoms with Gasteiger partial charge in [0.2, 0.25) is 0 Å². The Kier molecular flexibility index (Phi) is 6.60. The molecule has 0 spiro atoms. The van der Waals surface area contributed by atoms with E-state index >= 15 is 0 Å². The van der Waals surface area contributed by atoms with Gasteiger partial charge < -0.3 is 14.0 Å². The van der Waals surface area contributed by atoms with Crippen LogP contribution in [0.1, 0.15) is 24.8 Å². The van der Waals surface area contributed by atoms with E-state index in [1.807, 2.05) is 24.3 Å². The lowest BCUT2D eigenvalue weighted by Gasteiger charge is -2.31. The van der Waals surface area contributed by atoms with Crippen molar-refractivity contribution in [1.82, 2.24) is 4.90 Å². The molecule has 1 aromatic rings. The Morgan fingerprint density at radius 1 is 1.20 bits per heavy atom. The molecule has 2 fully saturated rings. The third-order valence-electron chi connectivity index (χ3n) is 5.13. The van der Waals surface area contributed by atoms with Crippen molar-refractivity contribution >= 4 is 11.2 Å². The lowest BCUT2D eigenvalue weighted by atomic mass is 9.75. The highest BCUT2D eigenvalue weighted by molar-refractivity contribution is 7.91. The molecule has 1 aromatic carbocycles. The SMILES string of the molecule is N#CC1(c2ccc(OCCCN3CC[S+]([O-])CC3)cc2)CCOCC1. The normalized spacial score (nSPS) is 21.6. The summed E-state index contributed by atoms with van der Waals surface area (Å²) in [5.74, 6) is 2.45. The number of nitrogens with zero attached hydrogens (tertiary/aromatic N) is 2. The Balaban J connectivity index is 1.44. The number of hydrogen-bond acceptors (Lipinski definition) is 5. The minimum Gasteiger partial charge on any atom is -0.616 e. The van der Waals surface area contributed by atoms with Gasteiger partial charge in [-0.2, -0.15) is 5.26 Å². The molecule has 0 aliphatic carbocycles. The summed E-state index contributed by atoms with van der Waals surface area (Å²) in [7, 11) is 0. The average molecular weight is 362 g/mol. The van der Waals surface area contributed by atoms with Crippen LogP contribution in [0.25, 0.3) is 0 Å². The Bertz CT molecular complexity index is 573. The lowest BCUT2D eigenvalue weighted by Crippen LogP contribution is -2.40. The van der Waals surface area contributed by atoms with Crippen molar-refractivity contribution in [1.29, 1.82) is 5.26 Å². The van der Waals surface area contributed by atoms with Gasteiger partial charge in [-0.3, -0.25) is 4.90 Å². The van der Waals surface area contributed by atoms with Gasteiger partial charge in [0.25, 0.3) is 0 Å². The van der Waals surface area contributed by atoms with Gasteiger partial charge in [-0.05, 0) is 37.0 Å². The molecule has 0 amide bonds. The van der Waals surface area contributed by atoms with Crippen molar-refractivity contribution in [3.8, 4) is 11.8 Å². The second-order valence-corrected chi connectivity index (χ2v) is 8.42. The van der Waals surface area contributed by atoms with Gasteiger partial charge in [-0.15, -0.1) is 0 Å². The number of rotatable bonds is 6. The van der Waals surface area contributed by atoms with Gasteiger partial charge in [-0.25, -0.2) is 0 Å². The Morgan fingerprint density at radius 3 is 2.52 bits per heavy atom. The number of benzene rings is 1. The van der Waals surface area contributed by atoms with E-state index in [0.29, 0.717) is 19.8 Å². The van der Waals surface area contributed by atoms with Crippen molar-refractivity contribution in [2.24, 2.45) is 0 Å². The first-order valence-corrected chi connectivity index (χ1v) is 10.5. The average Bonchev–Trinajstić information content (AvgIpc) is 2.67. The maximum atomic E-state index is 11.3. The minimum absolute atomic E-state index is 0.412. The molecular formula is C19H26N2O3S. The molecule has 0 radical (unpaired) electrons. The van der Waals surface area contributed by atoms with Crippen molar-refractivity contribution in [2.45, 2.75) is 24.7 Å². The van der Waals surface area contributed by atoms with Crippen LogP contribution >= 0.6 is 0 Å².